The van der Waals surface area contributed by atoms with E-state index in [9.17, 15) is 0 Å². The van der Waals surface area contributed by atoms with Crippen molar-refractivity contribution in [3.8, 4) is 0 Å². The van der Waals surface area contributed by atoms with Gasteiger partial charge in [0.2, 0.25) is 0 Å². The van der Waals surface area contributed by atoms with E-state index < -0.39 is 0 Å². The largest absolute Gasteiger partial charge is 0.392 e. The van der Waals surface area contributed by atoms with E-state index >= 15 is 0 Å². The van der Waals surface area contributed by atoms with Crippen molar-refractivity contribution in [3.63, 3.8) is 0 Å². The number of aliphatic hydroxyl groups is 1. The molecule has 0 aromatic heterocycles. The molecule has 0 aliphatic rings. The summed E-state index contributed by atoms with van der Waals surface area (Å²) in [5.41, 5.74) is 2.68. The average molecular weight is 186 g/mol. The highest BCUT2D eigenvalue weighted by molar-refractivity contribution is 5.72. The van der Waals surface area contributed by atoms with Gasteiger partial charge in [-0.1, -0.05) is 55.6 Å². The highest BCUT2D eigenvalue weighted by Gasteiger charge is 1.92. The van der Waals surface area contributed by atoms with Crippen LogP contribution in [0.1, 0.15) is 5.56 Å². The Morgan fingerprint density at radius 2 is 1.79 bits per heavy atom. The Kier molecular flexibility index (Phi) is 3.89. The van der Waals surface area contributed by atoms with Crippen LogP contribution >= 0.6 is 0 Å². The van der Waals surface area contributed by atoms with E-state index in [1.165, 1.54) is 0 Å². The van der Waals surface area contributed by atoms with E-state index in [2.05, 4.69) is 13.2 Å². The van der Waals surface area contributed by atoms with E-state index in [4.69, 9.17) is 5.11 Å². The fourth-order valence-electron chi connectivity index (χ4n) is 1.02. The molecule has 0 atom stereocenters. The third kappa shape index (κ3) is 3.04. The van der Waals surface area contributed by atoms with Gasteiger partial charge in [0, 0.05) is 0 Å². The monoisotopic (exact) mass is 186 g/mol. The van der Waals surface area contributed by atoms with Crippen molar-refractivity contribution in [1.29, 1.82) is 0 Å². The molecule has 0 aliphatic carbocycles. The lowest BCUT2D eigenvalue weighted by atomic mass is 10.1. The lowest BCUT2D eigenvalue weighted by Crippen LogP contribution is -1.83. The minimum Gasteiger partial charge on any atom is -0.392 e. The van der Waals surface area contributed by atoms with E-state index in [-0.39, 0.29) is 6.61 Å². The molecule has 0 spiro atoms. The molecule has 14 heavy (non-hydrogen) atoms. The summed E-state index contributed by atoms with van der Waals surface area (Å²) in [5, 5.41) is 8.74. The first kappa shape index (κ1) is 10.5. The highest BCUT2D eigenvalue weighted by Crippen LogP contribution is 2.13. The van der Waals surface area contributed by atoms with Crippen LogP contribution in [0.2, 0.25) is 0 Å². The van der Waals surface area contributed by atoms with Gasteiger partial charge in [0.05, 0.1) is 6.61 Å². The molecule has 1 aromatic carbocycles. The zero-order chi connectivity index (χ0) is 10.4. The molecule has 72 valence electrons. The molecule has 0 aliphatic heterocycles. The Morgan fingerprint density at radius 1 is 1.14 bits per heavy atom. The molecule has 1 heteroatoms. The van der Waals surface area contributed by atoms with Gasteiger partial charge in [-0.2, -0.15) is 0 Å². The van der Waals surface area contributed by atoms with Gasteiger partial charge < -0.3 is 5.11 Å². The molecular weight excluding hydrogens is 172 g/mol. The third-order valence-corrected chi connectivity index (χ3v) is 1.87. The van der Waals surface area contributed by atoms with Gasteiger partial charge in [-0.15, -0.1) is 0 Å². The Morgan fingerprint density at radius 3 is 2.36 bits per heavy atom. The lowest BCUT2D eigenvalue weighted by molar-refractivity contribution is 0.335. The number of benzene rings is 1. The van der Waals surface area contributed by atoms with Crippen LogP contribution in [0.5, 0.6) is 0 Å². The van der Waals surface area contributed by atoms with Crippen molar-refractivity contribution >= 4 is 5.57 Å². The Bertz CT molecular complexity index is 347. The normalized spacial score (nSPS) is 10.4. The zero-order valence-electron chi connectivity index (χ0n) is 8.11. The molecule has 0 bridgehead atoms. The molecule has 0 amide bonds. The number of hydrogen-bond donors (Lipinski definition) is 1. The van der Waals surface area contributed by atoms with Crippen molar-refractivity contribution in [3.05, 3.63) is 66.8 Å². The SMILES string of the molecule is C=C(/C=C\C(=C)c1ccccc1)CO. The summed E-state index contributed by atoms with van der Waals surface area (Å²) in [6, 6.07) is 9.89. The van der Waals surface area contributed by atoms with Gasteiger partial charge in [-0.25, -0.2) is 0 Å². The standard InChI is InChI=1S/C13H14O/c1-11(10-14)8-9-12(2)13-6-4-3-5-7-13/h3-9,14H,1-2,10H2/b9-8-. The van der Waals surface area contributed by atoms with Crippen LogP contribution in [0.25, 0.3) is 5.57 Å². The van der Waals surface area contributed by atoms with E-state index in [1.54, 1.807) is 6.08 Å². The molecule has 0 saturated heterocycles. The smallest absolute Gasteiger partial charge is 0.0676 e. The second kappa shape index (κ2) is 5.20. The number of aliphatic hydroxyl groups excluding tert-OH is 1. The fourth-order valence-corrected chi connectivity index (χ4v) is 1.02. The first-order chi connectivity index (χ1) is 6.74. The minimum atomic E-state index is -0.0153. The van der Waals surface area contributed by atoms with Crippen LogP contribution in [0, 0.1) is 0 Å². The van der Waals surface area contributed by atoms with Gasteiger partial charge in [0.15, 0.2) is 0 Å². The summed E-state index contributed by atoms with van der Waals surface area (Å²) >= 11 is 0. The summed E-state index contributed by atoms with van der Waals surface area (Å²) in [6.45, 7) is 7.57. The Labute approximate surface area is 84.7 Å². The van der Waals surface area contributed by atoms with Gasteiger partial charge >= 0.3 is 0 Å². The summed E-state index contributed by atoms with van der Waals surface area (Å²) in [4.78, 5) is 0. The molecule has 0 heterocycles. The number of rotatable bonds is 4. The minimum absolute atomic E-state index is 0.0153. The molecule has 1 nitrogen and oxygen atoms in total. The van der Waals surface area contributed by atoms with Crippen molar-refractivity contribution < 1.29 is 5.11 Å². The molecule has 0 unspecified atom stereocenters. The molecular formula is C13H14O. The molecule has 1 N–H and O–H groups in total. The van der Waals surface area contributed by atoms with Crippen molar-refractivity contribution in [1.82, 2.24) is 0 Å². The number of allylic oxidation sites excluding steroid dienone is 2. The average Bonchev–Trinajstić information content (AvgIpc) is 2.26. The van der Waals surface area contributed by atoms with Crippen LogP contribution in [0.4, 0.5) is 0 Å². The number of hydrogen-bond acceptors (Lipinski definition) is 1. The summed E-state index contributed by atoms with van der Waals surface area (Å²) < 4.78 is 0. The maximum absolute atomic E-state index is 8.74. The predicted molar refractivity (Wildman–Crippen MR) is 60.8 cm³/mol. The first-order valence-corrected chi connectivity index (χ1v) is 4.45. The lowest BCUT2D eigenvalue weighted by Gasteiger charge is -1.99. The Balaban J connectivity index is 2.69. The van der Waals surface area contributed by atoms with Gasteiger partial charge in [-0.05, 0) is 16.7 Å². The van der Waals surface area contributed by atoms with E-state index in [0.29, 0.717) is 5.57 Å². The topological polar surface area (TPSA) is 20.2 Å². The van der Waals surface area contributed by atoms with Crippen LogP contribution in [-0.2, 0) is 0 Å². The van der Waals surface area contributed by atoms with Gasteiger partial charge in [0.25, 0.3) is 0 Å². The maximum Gasteiger partial charge on any atom is 0.0676 e. The predicted octanol–water partition coefficient (Wildman–Crippen LogP) is 2.80. The summed E-state index contributed by atoms with van der Waals surface area (Å²) in [6.07, 6.45) is 3.63. The molecule has 0 radical (unpaired) electrons. The van der Waals surface area contributed by atoms with E-state index in [0.717, 1.165) is 11.1 Å². The first-order valence-electron chi connectivity index (χ1n) is 4.45. The van der Waals surface area contributed by atoms with Crippen LogP contribution in [0.15, 0.2) is 61.2 Å². The van der Waals surface area contributed by atoms with Crippen LogP contribution in [0.3, 0.4) is 0 Å². The fraction of sp³-hybridized carbons (Fsp3) is 0.0769. The van der Waals surface area contributed by atoms with E-state index in [1.807, 2.05) is 36.4 Å². The quantitative estimate of drug-likeness (QED) is 0.717. The molecule has 1 aromatic rings. The van der Waals surface area contributed by atoms with Crippen LogP contribution < -0.4 is 0 Å². The summed E-state index contributed by atoms with van der Waals surface area (Å²) in [7, 11) is 0. The maximum atomic E-state index is 8.74. The second-order valence-electron chi connectivity index (χ2n) is 3.04. The molecule has 0 fully saturated rings. The second-order valence-corrected chi connectivity index (χ2v) is 3.04. The van der Waals surface area contributed by atoms with Gasteiger partial charge in [0.1, 0.15) is 0 Å². The van der Waals surface area contributed by atoms with Crippen LogP contribution in [-0.4, -0.2) is 11.7 Å². The molecule has 1 rings (SSSR count). The van der Waals surface area contributed by atoms with Crippen molar-refractivity contribution in [2.24, 2.45) is 0 Å². The third-order valence-electron chi connectivity index (χ3n) is 1.87. The summed E-state index contributed by atoms with van der Waals surface area (Å²) in [5.74, 6) is 0. The zero-order valence-corrected chi connectivity index (χ0v) is 8.11. The molecule has 0 saturated carbocycles. The van der Waals surface area contributed by atoms with Crippen molar-refractivity contribution in [2.45, 2.75) is 0 Å². The Hall–Kier alpha value is -1.60. The van der Waals surface area contributed by atoms with Crippen molar-refractivity contribution in [2.75, 3.05) is 6.61 Å². The van der Waals surface area contributed by atoms with Gasteiger partial charge in [-0.3, -0.25) is 0 Å². The highest BCUT2D eigenvalue weighted by atomic mass is 16.3.